The van der Waals surface area contributed by atoms with Gasteiger partial charge in [-0.2, -0.15) is 0 Å². The number of nitrogens with zero attached hydrogens (tertiary/aromatic N) is 1. The Morgan fingerprint density at radius 1 is 1.19 bits per heavy atom. The molecule has 2 aromatic rings. The highest BCUT2D eigenvalue weighted by Crippen LogP contribution is 2.24. The second kappa shape index (κ2) is 8.63. The summed E-state index contributed by atoms with van der Waals surface area (Å²) >= 11 is 6.10. The van der Waals surface area contributed by atoms with Crippen molar-refractivity contribution in [1.82, 2.24) is 5.32 Å². The van der Waals surface area contributed by atoms with Crippen LogP contribution in [0.5, 0.6) is 5.75 Å². The molecule has 0 radical (unpaired) electrons. The summed E-state index contributed by atoms with van der Waals surface area (Å²) < 4.78 is 30.1. The molecule has 0 aromatic heterocycles. The highest BCUT2D eigenvalue weighted by Gasteiger charge is 2.16. The topological polar surface area (TPSA) is 75.7 Å². The number of halogens is 1. The van der Waals surface area contributed by atoms with E-state index in [9.17, 15) is 13.2 Å². The van der Waals surface area contributed by atoms with Crippen molar-refractivity contribution in [2.45, 2.75) is 13.8 Å². The standard InChI is InChI=1S/C19H23ClN2O4S/c1-13-5-6-14(2)18(11-13)26-10-9-21-19(23)16-12-15(7-8-17(16)20)22(3)27(4,24)25/h5-8,11-12H,9-10H2,1-4H3,(H,21,23). The van der Waals surface area contributed by atoms with Crippen LogP contribution in [0.2, 0.25) is 5.02 Å². The summed E-state index contributed by atoms with van der Waals surface area (Å²) in [6.07, 6.45) is 1.09. The summed E-state index contributed by atoms with van der Waals surface area (Å²) in [6, 6.07) is 10.4. The van der Waals surface area contributed by atoms with Gasteiger partial charge in [-0.3, -0.25) is 9.10 Å². The second-order valence-corrected chi connectivity index (χ2v) is 8.69. The highest BCUT2D eigenvalue weighted by molar-refractivity contribution is 7.92. The van der Waals surface area contributed by atoms with Crippen molar-refractivity contribution in [2.75, 3.05) is 30.8 Å². The molecule has 2 rings (SSSR count). The molecule has 1 N–H and O–H groups in total. The fourth-order valence-electron chi connectivity index (χ4n) is 2.36. The predicted molar refractivity (Wildman–Crippen MR) is 108 cm³/mol. The molecule has 0 aliphatic rings. The molecule has 0 unspecified atom stereocenters. The average Bonchev–Trinajstić information content (AvgIpc) is 2.60. The number of hydrogen-bond donors (Lipinski definition) is 1. The van der Waals surface area contributed by atoms with E-state index in [-0.39, 0.29) is 17.1 Å². The summed E-state index contributed by atoms with van der Waals surface area (Å²) in [5.41, 5.74) is 2.68. The van der Waals surface area contributed by atoms with E-state index in [2.05, 4.69) is 5.32 Å². The Kier molecular flexibility index (Phi) is 6.73. The number of anilines is 1. The lowest BCUT2D eigenvalue weighted by Crippen LogP contribution is -2.29. The molecule has 0 spiro atoms. The first-order valence-electron chi connectivity index (χ1n) is 8.31. The Hall–Kier alpha value is -2.25. The molecule has 146 valence electrons. The first-order chi connectivity index (χ1) is 12.6. The normalized spacial score (nSPS) is 11.1. The molecule has 0 bridgehead atoms. The number of aryl methyl sites for hydroxylation is 2. The number of hydrogen-bond acceptors (Lipinski definition) is 4. The van der Waals surface area contributed by atoms with Crippen LogP contribution in [-0.4, -0.2) is 40.8 Å². The Morgan fingerprint density at radius 3 is 2.56 bits per heavy atom. The van der Waals surface area contributed by atoms with Crippen molar-refractivity contribution in [3.63, 3.8) is 0 Å². The smallest absolute Gasteiger partial charge is 0.252 e. The third-order valence-corrected chi connectivity index (χ3v) is 5.58. The molecule has 0 saturated carbocycles. The Morgan fingerprint density at radius 2 is 1.89 bits per heavy atom. The summed E-state index contributed by atoms with van der Waals surface area (Å²) in [5.74, 6) is 0.382. The number of nitrogens with one attached hydrogen (secondary N) is 1. The number of benzene rings is 2. The maximum absolute atomic E-state index is 12.4. The average molecular weight is 411 g/mol. The van der Waals surface area contributed by atoms with Gasteiger partial charge in [0.2, 0.25) is 10.0 Å². The monoisotopic (exact) mass is 410 g/mol. The molecular weight excluding hydrogens is 388 g/mol. The van der Waals surface area contributed by atoms with Gasteiger partial charge in [0.15, 0.2) is 0 Å². The van der Waals surface area contributed by atoms with Crippen LogP contribution in [0.3, 0.4) is 0 Å². The lowest BCUT2D eigenvalue weighted by molar-refractivity contribution is 0.0947. The first kappa shape index (κ1) is 21.1. The lowest BCUT2D eigenvalue weighted by atomic mass is 10.1. The van der Waals surface area contributed by atoms with Crippen LogP contribution < -0.4 is 14.4 Å². The molecule has 0 saturated heterocycles. The van der Waals surface area contributed by atoms with E-state index in [4.69, 9.17) is 16.3 Å². The van der Waals surface area contributed by atoms with E-state index in [1.165, 1.54) is 19.2 Å². The lowest BCUT2D eigenvalue weighted by Gasteiger charge is -2.18. The van der Waals surface area contributed by atoms with E-state index in [1.54, 1.807) is 6.07 Å². The van der Waals surface area contributed by atoms with Crippen LogP contribution in [0.1, 0.15) is 21.5 Å². The summed E-state index contributed by atoms with van der Waals surface area (Å²) in [5, 5.41) is 2.98. The van der Waals surface area contributed by atoms with Gasteiger partial charge in [-0.25, -0.2) is 8.42 Å². The molecule has 0 atom stereocenters. The zero-order valence-corrected chi connectivity index (χ0v) is 17.3. The molecule has 6 nitrogen and oxygen atoms in total. The van der Waals surface area contributed by atoms with Crippen LogP contribution in [0.25, 0.3) is 0 Å². The summed E-state index contributed by atoms with van der Waals surface area (Å²) in [7, 11) is -2.02. The molecule has 8 heteroatoms. The highest BCUT2D eigenvalue weighted by atomic mass is 35.5. The Bertz CT molecular complexity index is 945. The van der Waals surface area contributed by atoms with E-state index in [1.807, 2.05) is 32.0 Å². The zero-order chi connectivity index (χ0) is 20.2. The van der Waals surface area contributed by atoms with Gasteiger partial charge in [-0.05, 0) is 49.2 Å². The SMILES string of the molecule is Cc1ccc(C)c(OCCNC(=O)c2cc(N(C)S(C)(=O)=O)ccc2Cl)c1. The van der Waals surface area contributed by atoms with Crippen LogP contribution in [0.15, 0.2) is 36.4 Å². The van der Waals surface area contributed by atoms with Crippen LogP contribution in [-0.2, 0) is 10.0 Å². The van der Waals surface area contributed by atoms with Crippen molar-refractivity contribution >= 4 is 33.2 Å². The van der Waals surface area contributed by atoms with E-state index >= 15 is 0 Å². The van der Waals surface area contributed by atoms with Crippen LogP contribution in [0, 0.1) is 13.8 Å². The van der Waals surface area contributed by atoms with Gasteiger partial charge in [0.1, 0.15) is 12.4 Å². The van der Waals surface area contributed by atoms with Crippen molar-refractivity contribution in [2.24, 2.45) is 0 Å². The van der Waals surface area contributed by atoms with Crippen LogP contribution >= 0.6 is 11.6 Å². The number of sulfonamides is 1. The van der Waals surface area contributed by atoms with Gasteiger partial charge in [-0.1, -0.05) is 23.7 Å². The molecule has 0 heterocycles. The van der Waals surface area contributed by atoms with Crippen molar-refractivity contribution in [3.05, 3.63) is 58.1 Å². The fraction of sp³-hybridized carbons (Fsp3) is 0.316. The van der Waals surface area contributed by atoms with Crippen molar-refractivity contribution < 1.29 is 17.9 Å². The molecule has 0 fully saturated rings. The van der Waals surface area contributed by atoms with E-state index in [0.717, 1.165) is 27.4 Å². The third-order valence-electron chi connectivity index (χ3n) is 4.04. The van der Waals surface area contributed by atoms with E-state index < -0.39 is 15.9 Å². The third kappa shape index (κ3) is 5.61. The maximum atomic E-state index is 12.4. The predicted octanol–water partition coefficient (Wildman–Crippen LogP) is 3.16. The van der Waals surface area contributed by atoms with Crippen molar-refractivity contribution in [3.8, 4) is 5.75 Å². The Labute approximate surface area is 165 Å². The molecule has 0 aliphatic carbocycles. The fourth-order valence-corrected chi connectivity index (χ4v) is 3.06. The number of carbonyl (C=O) groups excluding carboxylic acids is 1. The number of amides is 1. The second-order valence-electron chi connectivity index (χ2n) is 6.27. The molecular formula is C19H23ClN2O4S. The minimum atomic E-state index is -3.43. The molecule has 0 aliphatic heterocycles. The number of rotatable bonds is 7. The van der Waals surface area contributed by atoms with Gasteiger partial charge in [-0.15, -0.1) is 0 Å². The maximum Gasteiger partial charge on any atom is 0.252 e. The molecule has 2 aromatic carbocycles. The first-order valence-corrected chi connectivity index (χ1v) is 10.5. The quantitative estimate of drug-likeness (QED) is 0.711. The van der Waals surface area contributed by atoms with E-state index in [0.29, 0.717) is 12.3 Å². The summed E-state index contributed by atoms with van der Waals surface area (Å²) in [6.45, 7) is 4.53. The van der Waals surface area contributed by atoms with Gasteiger partial charge >= 0.3 is 0 Å². The minimum absolute atomic E-state index is 0.205. The van der Waals surface area contributed by atoms with Crippen molar-refractivity contribution in [1.29, 1.82) is 0 Å². The number of ether oxygens (including phenoxy) is 1. The molecule has 1 amide bonds. The molecule has 27 heavy (non-hydrogen) atoms. The zero-order valence-electron chi connectivity index (χ0n) is 15.7. The van der Waals surface area contributed by atoms with Crippen LogP contribution in [0.4, 0.5) is 5.69 Å². The summed E-state index contributed by atoms with van der Waals surface area (Å²) in [4.78, 5) is 12.4. The minimum Gasteiger partial charge on any atom is -0.491 e. The van der Waals surface area contributed by atoms with Gasteiger partial charge < -0.3 is 10.1 Å². The van der Waals surface area contributed by atoms with Gasteiger partial charge in [0.25, 0.3) is 5.91 Å². The largest absolute Gasteiger partial charge is 0.491 e. The van der Waals surface area contributed by atoms with Gasteiger partial charge in [0.05, 0.1) is 29.1 Å². The Balaban J connectivity index is 2.00. The number of carbonyl (C=O) groups is 1. The van der Waals surface area contributed by atoms with Gasteiger partial charge in [0, 0.05) is 7.05 Å².